The molecule has 0 fully saturated rings. The Kier molecular flexibility index (Phi) is 3.00. The van der Waals surface area contributed by atoms with E-state index in [0.717, 1.165) is 16.8 Å². The van der Waals surface area contributed by atoms with Gasteiger partial charge in [-0.1, -0.05) is 29.4 Å². The second-order valence-electron chi connectivity index (χ2n) is 3.32. The van der Waals surface area contributed by atoms with Crippen molar-refractivity contribution in [1.82, 2.24) is 5.16 Å². The standard InChI is InChI=1S/C12H11NO3/c1-9(14)15-8-10-4-2-3-5-11(10)12-6-7-16-13-12/h2-7H,8H2,1H3. The number of esters is 1. The van der Waals surface area contributed by atoms with E-state index < -0.39 is 0 Å². The molecule has 0 bridgehead atoms. The number of ether oxygens (including phenoxy) is 1. The second-order valence-corrected chi connectivity index (χ2v) is 3.32. The molecule has 0 aliphatic carbocycles. The predicted octanol–water partition coefficient (Wildman–Crippen LogP) is 2.40. The fourth-order valence-electron chi connectivity index (χ4n) is 1.43. The van der Waals surface area contributed by atoms with Gasteiger partial charge >= 0.3 is 5.97 Å². The zero-order valence-corrected chi connectivity index (χ0v) is 8.84. The summed E-state index contributed by atoms with van der Waals surface area (Å²) in [5.74, 6) is -0.296. The highest BCUT2D eigenvalue weighted by molar-refractivity contribution is 5.67. The van der Waals surface area contributed by atoms with Crippen molar-refractivity contribution in [2.24, 2.45) is 0 Å². The Labute approximate surface area is 92.8 Å². The van der Waals surface area contributed by atoms with Gasteiger partial charge in [0.2, 0.25) is 0 Å². The van der Waals surface area contributed by atoms with Crippen LogP contribution < -0.4 is 0 Å². The zero-order chi connectivity index (χ0) is 11.4. The van der Waals surface area contributed by atoms with Crippen molar-refractivity contribution >= 4 is 5.97 Å². The van der Waals surface area contributed by atoms with Crippen molar-refractivity contribution < 1.29 is 14.1 Å². The van der Waals surface area contributed by atoms with E-state index in [1.807, 2.05) is 24.3 Å². The van der Waals surface area contributed by atoms with E-state index >= 15 is 0 Å². The molecule has 0 radical (unpaired) electrons. The van der Waals surface area contributed by atoms with Crippen molar-refractivity contribution in [1.29, 1.82) is 0 Å². The van der Waals surface area contributed by atoms with E-state index in [0.29, 0.717) is 0 Å². The van der Waals surface area contributed by atoms with Crippen molar-refractivity contribution in [2.45, 2.75) is 13.5 Å². The maximum Gasteiger partial charge on any atom is 0.302 e. The maximum atomic E-state index is 10.8. The summed E-state index contributed by atoms with van der Waals surface area (Å²) in [4.78, 5) is 10.8. The van der Waals surface area contributed by atoms with Crippen LogP contribution in [0.1, 0.15) is 12.5 Å². The minimum absolute atomic E-state index is 0.248. The van der Waals surface area contributed by atoms with E-state index in [1.54, 1.807) is 6.07 Å². The van der Waals surface area contributed by atoms with E-state index in [9.17, 15) is 4.79 Å². The molecule has 4 heteroatoms. The van der Waals surface area contributed by atoms with Gasteiger partial charge in [-0.25, -0.2) is 0 Å². The maximum absolute atomic E-state index is 10.8. The zero-order valence-electron chi connectivity index (χ0n) is 8.84. The largest absolute Gasteiger partial charge is 0.461 e. The van der Waals surface area contributed by atoms with Gasteiger partial charge in [-0.05, 0) is 5.56 Å². The van der Waals surface area contributed by atoms with Crippen LogP contribution in [0.4, 0.5) is 0 Å². The van der Waals surface area contributed by atoms with Gasteiger partial charge in [0, 0.05) is 18.6 Å². The van der Waals surface area contributed by atoms with Crippen LogP contribution in [0.3, 0.4) is 0 Å². The minimum atomic E-state index is -0.296. The number of benzene rings is 1. The second kappa shape index (κ2) is 4.61. The molecule has 0 spiro atoms. The van der Waals surface area contributed by atoms with Gasteiger partial charge in [-0.15, -0.1) is 0 Å². The van der Waals surface area contributed by atoms with Crippen LogP contribution in [0.5, 0.6) is 0 Å². The van der Waals surface area contributed by atoms with Crippen LogP contribution >= 0.6 is 0 Å². The number of hydrogen-bond donors (Lipinski definition) is 0. The first-order valence-electron chi connectivity index (χ1n) is 4.89. The van der Waals surface area contributed by atoms with Crippen LogP contribution in [0.15, 0.2) is 41.1 Å². The molecule has 0 saturated heterocycles. The van der Waals surface area contributed by atoms with Crippen molar-refractivity contribution in [3.05, 3.63) is 42.2 Å². The smallest absolute Gasteiger partial charge is 0.302 e. The molecule has 1 aromatic carbocycles. The highest BCUT2D eigenvalue weighted by atomic mass is 16.5. The number of nitrogens with zero attached hydrogens (tertiary/aromatic N) is 1. The summed E-state index contributed by atoms with van der Waals surface area (Å²) in [7, 11) is 0. The summed E-state index contributed by atoms with van der Waals surface area (Å²) >= 11 is 0. The summed E-state index contributed by atoms with van der Waals surface area (Å²) in [6.07, 6.45) is 1.51. The Morgan fingerprint density at radius 3 is 2.88 bits per heavy atom. The first-order valence-corrected chi connectivity index (χ1v) is 4.89. The normalized spacial score (nSPS) is 10.1. The lowest BCUT2D eigenvalue weighted by Crippen LogP contribution is -2.00. The quantitative estimate of drug-likeness (QED) is 0.741. The minimum Gasteiger partial charge on any atom is -0.461 e. The molecule has 0 aliphatic rings. The van der Waals surface area contributed by atoms with E-state index in [4.69, 9.17) is 9.26 Å². The fraction of sp³-hybridized carbons (Fsp3) is 0.167. The first-order chi connectivity index (χ1) is 7.77. The molecule has 0 amide bonds. The molecule has 82 valence electrons. The predicted molar refractivity (Wildman–Crippen MR) is 57.4 cm³/mol. The lowest BCUT2D eigenvalue weighted by Gasteiger charge is -2.06. The molecule has 2 rings (SSSR count). The molecule has 1 heterocycles. The van der Waals surface area contributed by atoms with Gasteiger partial charge in [0.15, 0.2) is 0 Å². The fourth-order valence-corrected chi connectivity index (χ4v) is 1.43. The summed E-state index contributed by atoms with van der Waals surface area (Å²) in [6.45, 7) is 1.64. The lowest BCUT2D eigenvalue weighted by atomic mass is 10.1. The third-order valence-electron chi connectivity index (χ3n) is 2.16. The SMILES string of the molecule is CC(=O)OCc1ccccc1-c1ccon1. The van der Waals surface area contributed by atoms with E-state index in [2.05, 4.69) is 5.16 Å². The third kappa shape index (κ3) is 2.28. The number of hydrogen-bond acceptors (Lipinski definition) is 4. The number of carbonyl (C=O) groups excluding carboxylic acids is 1. The topological polar surface area (TPSA) is 52.3 Å². The molecule has 0 N–H and O–H groups in total. The molecular weight excluding hydrogens is 206 g/mol. The molecule has 0 saturated carbocycles. The number of carbonyl (C=O) groups is 1. The summed E-state index contributed by atoms with van der Waals surface area (Å²) in [5.41, 5.74) is 2.56. The van der Waals surface area contributed by atoms with Crippen molar-refractivity contribution in [3.8, 4) is 11.3 Å². The van der Waals surface area contributed by atoms with Gasteiger partial charge in [0.1, 0.15) is 18.6 Å². The molecule has 0 unspecified atom stereocenters. The van der Waals surface area contributed by atoms with Crippen LogP contribution in [0.25, 0.3) is 11.3 Å². The highest BCUT2D eigenvalue weighted by Gasteiger charge is 2.07. The van der Waals surface area contributed by atoms with Crippen LogP contribution in [-0.2, 0) is 16.1 Å². The Bertz CT molecular complexity index is 477. The first kappa shape index (κ1) is 10.4. The Morgan fingerprint density at radius 2 is 2.19 bits per heavy atom. The van der Waals surface area contributed by atoms with Crippen molar-refractivity contribution in [3.63, 3.8) is 0 Å². The molecule has 4 nitrogen and oxygen atoms in total. The van der Waals surface area contributed by atoms with Crippen molar-refractivity contribution in [2.75, 3.05) is 0 Å². The number of aromatic nitrogens is 1. The summed E-state index contributed by atoms with van der Waals surface area (Å²) < 4.78 is 9.76. The average Bonchev–Trinajstić information content (AvgIpc) is 2.80. The average molecular weight is 217 g/mol. The molecule has 1 aromatic heterocycles. The monoisotopic (exact) mass is 217 g/mol. The van der Waals surface area contributed by atoms with Gasteiger partial charge in [0.25, 0.3) is 0 Å². The Balaban J connectivity index is 2.27. The summed E-state index contributed by atoms with van der Waals surface area (Å²) in [5, 5.41) is 3.86. The van der Waals surface area contributed by atoms with Gasteiger partial charge < -0.3 is 9.26 Å². The van der Waals surface area contributed by atoms with Crippen LogP contribution in [0.2, 0.25) is 0 Å². The summed E-state index contributed by atoms with van der Waals surface area (Å²) in [6, 6.07) is 9.37. The number of rotatable bonds is 3. The molecular formula is C12H11NO3. The molecule has 0 atom stereocenters. The Morgan fingerprint density at radius 1 is 1.38 bits per heavy atom. The molecule has 0 aliphatic heterocycles. The van der Waals surface area contributed by atoms with Crippen LogP contribution in [0, 0.1) is 0 Å². The lowest BCUT2D eigenvalue weighted by molar-refractivity contribution is -0.142. The van der Waals surface area contributed by atoms with Crippen LogP contribution in [-0.4, -0.2) is 11.1 Å². The highest BCUT2D eigenvalue weighted by Crippen LogP contribution is 2.22. The van der Waals surface area contributed by atoms with Gasteiger partial charge in [-0.3, -0.25) is 4.79 Å². The van der Waals surface area contributed by atoms with Gasteiger partial charge in [-0.2, -0.15) is 0 Å². The van der Waals surface area contributed by atoms with E-state index in [-0.39, 0.29) is 12.6 Å². The Hall–Kier alpha value is -2.10. The molecule has 2 aromatic rings. The van der Waals surface area contributed by atoms with Gasteiger partial charge in [0.05, 0.1) is 0 Å². The third-order valence-corrected chi connectivity index (χ3v) is 2.16. The molecule has 16 heavy (non-hydrogen) atoms. The van der Waals surface area contributed by atoms with E-state index in [1.165, 1.54) is 13.2 Å².